The summed E-state index contributed by atoms with van der Waals surface area (Å²) in [6.07, 6.45) is 0. The van der Waals surface area contributed by atoms with Gasteiger partial charge in [0.25, 0.3) is 0 Å². The Morgan fingerprint density at radius 3 is 2.32 bits per heavy atom. The monoisotopic (exact) mass is 383 g/mol. The van der Waals surface area contributed by atoms with Crippen molar-refractivity contribution in [2.45, 2.75) is 11.1 Å². The molecule has 0 amide bonds. The summed E-state index contributed by atoms with van der Waals surface area (Å²) in [5.74, 6) is -0.697. The largest absolute Gasteiger partial charge is 0.297 e. The molecule has 0 bridgehead atoms. The van der Waals surface area contributed by atoms with E-state index in [0.29, 0.717) is 0 Å². The minimum absolute atomic E-state index is 0.120. The number of carbonyl (C=O) groups is 1. The lowest BCUT2D eigenvalue weighted by Crippen LogP contribution is -2.13. The lowest BCUT2D eigenvalue weighted by Gasteiger charge is -2.10. The van der Waals surface area contributed by atoms with Crippen LogP contribution in [0.5, 0.6) is 0 Å². The Hall–Kier alpha value is -3.36. The number of nitrogens with zero attached hydrogens (tertiary/aromatic N) is 3. The summed E-state index contributed by atoms with van der Waals surface area (Å²) in [7, 11) is 0. The maximum Gasteiger partial charge on any atom is 0.174 e. The lowest BCUT2D eigenvalue weighted by molar-refractivity contribution is -0.116. The van der Waals surface area contributed by atoms with Crippen molar-refractivity contribution in [3.05, 3.63) is 90.5 Å². The molecule has 0 saturated carbocycles. The van der Waals surface area contributed by atoms with Crippen molar-refractivity contribution in [1.29, 1.82) is 5.26 Å². The van der Waals surface area contributed by atoms with Gasteiger partial charge in [-0.3, -0.25) is 9.36 Å². The van der Waals surface area contributed by atoms with Crippen LogP contribution < -0.4 is 0 Å². The van der Waals surface area contributed by atoms with E-state index in [-0.39, 0.29) is 11.5 Å². The predicted molar refractivity (Wildman–Crippen MR) is 112 cm³/mol. The number of fused-ring (bicyclic) bond motifs is 1. The van der Waals surface area contributed by atoms with Gasteiger partial charge in [0.15, 0.2) is 10.9 Å². The number of aromatic nitrogens is 2. The van der Waals surface area contributed by atoms with E-state index in [1.54, 1.807) is 0 Å². The summed E-state index contributed by atoms with van der Waals surface area (Å²) in [6, 6.07) is 29.2. The van der Waals surface area contributed by atoms with Crippen molar-refractivity contribution in [2.75, 3.05) is 5.75 Å². The van der Waals surface area contributed by atoms with Crippen molar-refractivity contribution >= 4 is 28.6 Å². The number of nitriles is 1. The standard InChI is InChI=1S/C23H17N3OS/c24-15-19(17-9-3-1-4-10-17)22(27)16-28-23-25-20-13-7-8-14-21(20)26(23)18-11-5-2-6-12-18/h1-14,19H,16H2/t19-/m0/s1. The van der Waals surface area contributed by atoms with E-state index in [1.165, 1.54) is 11.8 Å². The first-order valence-electron chi connectivity index (χ1n) is 8.91. The molecule has 0 N–H and O–H groups in total. The molecule has 0 spiro atoms. The van der Waals surface area contributed by atoms with Crippen molar-refractivity contribution in [2.24, 2.45) is 0 Å². The third kappa shape index (κ3) is 3.55. The summed E-state index contributed by atoms with van der Waals surface area (Å²) in [4.78, 5) is 17.4. The molecule has 3 aromatic carbocycles. The quantitative estimate of drug-likeness (QED) is 0.440. The molecule has 0 fully saturated rings. The summed E-state index contributed by atoms with van der Waals surface area (Å²) >= 11 is 1.37. The molecule has 0 saturated heterocycles. The van der Waals surface area contributed by atoms with Crippen LogP contribution in [0.4, 0.5) is 0 Å². The first-order valence-corrected chi connectivity index (χ1v) is 9.89. The number of hydrogen-bond donors (Lipinski definition) is 0. The molecule has 0 radical (unpaired) electrons. The zero-order valence-electron chi connectivity index (χ0n) is 15.0. The molecule has 28 heavy (non-hydrogen) atoms. The van der Waals surface area contributed by atoms with Crippen LogP contribution in [0, 0.1) is 11.3 Å². The van der Waals surface area contributed by atoms with Gasteiger partial charge in [-0.25, -0.2) is 4.98 Å². The van der Waals surface area contributed by atoms with Crippen LogP contribution in [0.2, 0.25) is 0 Å². The van der Waals surface area contributed by atoms with Gasteiger partial charge in [-0.1, -0.05) is 72.4 Å². The molecular formula is C23H17N3OS. The zero-order chi connectivity index (χ0) is 19.3. The van der Waals surface area contributed by atoms with Gasteiger partial charge in [-0.2, -0.15) is 5.26 Å². The Bertz CT molecular complexity index is 1150. The number of para-hydroxylation sites is 3. The van der Waals surface area contributed by atoms with E-state index in [2.05, 4.69) is 10.6 Å². The van der Waals surface area contributed by atoms with Gasteiger partial charge in [-0.15, -0.1) is 0 Å². The SMILES string of the molecule is N#C[C@H](C(=O)CSc1nc2ccccc2n1-c1ccccc1)c1ccccc1. The van der Waals surface area contributed by atoms with Gasteiger partial charge in [0.1, 0.15) is 5.92 Å². The number of hydrogen-bond acceptors (Lipinski definition) is 4. The van der Waals surface area contributed by atoms with E-state index < -0.39 is 5.92 Å². The van der Waals surface area contributed by atoms with Crippen molar-refractivity contribution in [3.63, 3.8) is 0 Å². The fourth-order valence-electron chi connectivity index (χ4n) is 3.12. The Labute approximate surface area is 167 Å². The maximum atomic E-state index is 12.7. The normalized spacial score (nSPS) is 11.8. The van der Waals surface area contributed by atoms with Crippen molar-refractivity contribution in [1.82, 2.24) is 9.55 Å². The van der Waals surface area contributed by atoms with Gasteiger partial charge >= 0.3 is 0 Å². The molecule has 0 aliphatic rings. The van der Waals surface area contributed by atoms with Crippen LogP contribution in [0.15, 0.2) is 90.1 Å². The van der Waals surface area contributed by atoms with E-state index in [9.17, 15) is 10.1 Å². The number of carbonyl (C=O) groups excluding carboxylic acids is 1. The van der Waals surface area contributed by atoms with Gasteiger partial charge in [0.05, 0.1) is 22.9 Å². The summed E-state index contributed by atoms with van der Waals surface area (Å²) in [5.41, 5.74) is 3.59. The minimum Gasteiger partial charge on any atom is -0.297 e. The average Bonchev–Trinajstić information content (AvgIpc) is 3.12. The van der Waals surface area contributed by atoms with Gasteiger partial charge in [0.2, 0.25) is 0 Å². The van der Waals surface area contributed by atoms with Crippen molar-refractivity contribution in [3.8, 4) is 11.8 Å². The first-order chi connectivity index (χ1) is 13.8. The maximum absolute atomic E-state index is 12.7. The minimum atomic E-state index is -0.761. The Morgan fingerprint density at radius 2 is 1.61 bits per heavy atom. The highest BCUT2D eigenvalue weighted by Crippen LogP contribution is 2.29. The highest BCUT2D eigenvalue weighted by atomic mass is 32.2. The van der Waals surface area contributed by atoms with E-state index in [0.717, 1.165) is 27.4 Å². The first kappa shape index (κ1) is 18.0. The predicted octanol–water partition coefficient (Wildman–Crippen LogP) is 4.99. The number of rotatable bonds is 6. The van der Waals surface area contributed by atoms with Crippen LogP contribution in [0.3, 0.4) is 0 Å². The highest BCUT2D eigenvalue weighted by molar-refractivity contribution is 7.99. The van der Waals surface area contributed by atoms with E-state index in [1.807, 2.05) is 84.9 Å². The van der Waals surface area contributed by atoms with E-state index in [4.69, 9.17) is 4.98 Å². The van der Waals surface area contributed by atoms with Crippen molar-refractivity contribution < 1.29 is 4.79 Å². The number of ketones is 1. The fourth-order valence-corrected chi connectivity index (χ4v) is 4.06. The molecule has 136 valence electrons. The molecule has 4 nitrogen and oxygen atoms in total. The summed E-state index contributed by atoms with van der Waals surface area (Å²) in [5, 5.41) is 10.2. The third-order valence-electron chi connectivity index (χ3n) is 4.47. The lowest BCUT2D eigenvalue weighted by atomic mass is 9.97. The second kappa shape index (κ2) is 8.12. The second-order valence-corrected chi connectivity index (χ2v) is 7.22. The van der Waals surface area contributed by atoms with Crippen LogP contribution in [0.25, 0.3) is 16.7 Å². The number of imidazole rings is 1. The molecule has 1 aromatic heterocycles. The summed E-state index contributed by atoms with van der Waals surface area (Å²) in [6.45, 7) is 0. The second-order valence-electron chi connectivity index (χ2n) is 6.28. The van der Waals surface area contributed by atoms with E-state index >= 15 is 0 Å². The number of Topliss-reactive ketones (excluding diaryl/α,β-unsaturated/α-hetero) is 1. The molecule has 4 rings (SSSR count). The molecule has 1 heterocycles. The highest BCUT2D eigenvalue weighted by Gasteiger charge is 2.21. The fraction of sp³-hybridized carbons (Fsp3) is 0.0870. The molecule has 1 atom stereocenters. The topological polar surface area (TPSA) is 58.7 Å². The Balaban J connectivity index is 1.64. The summed E-state index contributed by atoms with van der Waals surface area (Å²) < 4.78 is 2.05. The Kier molecular flexibility index (Phi) is 5.22. The number of thioether (sulfide) groups is 1. The van der Waals surface area contributed by atoms with Crippen LogP contribution >= 0.6 is 11.8 Å². The smallest absolute Gasteiger partial charge is 0.174 e. The van der Waals surface area contributed by atoms with Crippen LogP contribution in [0.1, 0.15) is 11.5 Å². The third-order valence-corrected chi connectivity index (χ3v) is 5.43. The average molecular weight is 383 g/mol. The molecular weight excluding hydrogens is 366 g/mol. The van der Waals surface area contributed by atoms with Crippen LogP contribution in [-0.2, 0) is 4.79 Å². The molecule has 0 unspecified atom stereocenters. The van der Waals surface area contributed by atoms with Crippen LogP contribution in [-0.4, -0.2) is 21.1 Å². The van der Waals surface area contributed by atoms with Gasteiger partial charge < -0.3 is 0 Å². The van der Waals surface area contributed by atoms with Gasteiger partial charge in [-0.05, 0) is 29.8 Å². The molecule has 0 aliphatic carbocycles. The molecule has 5 heteroatoms. The number of benzene rings is 3. The molecule has 0 aliphatic heterocycles. The zero-order valence-corrected chi connectivity index (χ0v) is 15.8. The molecule has 4 aromatic rings. The Morgan fingerprint density at radius 1 is 0.964 bits per heavy atom. The van der Waals surface area contributed by atoms with Gasteiger partial charge in [0, 0.05) is 5.69 Å².